The van der Waals surface area contributed by atoms with Gasteiger partial charge in [0.25, 0.3) is 0 Å². The average Bonchev–Trinajstić information content (AvgIpc) is 2.74. The summed E-state index contributed by atoms with van der Waals surface area (Å²) in [7, 11) is 0. The van der Waals surface area contributed by atoms with E-state index in [9.17, 15) is 9.18 Å². The van der Waals surface area contributed by atoms with Crippen LogP contribution in [0.2, 0.25) is 0 Å². The Morgan fingerprint density at radius 3 is 2.94 bits per heavy atom. The van der Waals surface area contributed by atoms with E-state index in [2.05, 4.69) is 4.98 Å². The van der Waals surface area contributed by atoms with Crippen molar-refractivity contribution in [2.45, 2.75) is 17.6 Å². The van der Waals surface area contributed by atoms with Gasteiger partial charge in [0, 0.05) is 16.0 Å². The lowest BCUT2D eigenvalue weighted by Crippen LogP contribution is -2.00. The van der Waals surface area contributed by atoms with Gasteiger partial charge < -0.3 is 5.11 Å². The molecule has 94 valence electrons. The van der Waals surface area contributed by atoms with Crippen molar-refractivity contribution < 1.29 is 14.3 Å². The van der Waals surface area contributed by atoms with Gasteiger partial charge in [0.2, 0.25) is 0 Å². The zero-order chi connectivity index (χ0) is 13.1. The lowest BCUT2D eigenvalue weighted by atomic mass is 10.2. The second-order valence-electron chi connectivity index (χ2n) is 3.59. The van der Waals surface area contributed by atoms with E-state index in [1.807, 2.05) is 12.3 Å². The molecular weight excluding hydrogens is 273 g/mol. The monoisotopic (exact) mass is 283 g/mol. The third-order valence-electron chi connectivity index (χ3n) is 2.22. The number of nitrogens with zero attached hydrogens (tertiary/aromatic N) is 1. The number of carboxylic acid groups (broad SMARTS) is 1. The highest BCUT2D eigenvalue weighted by Crippen LogP contribution is 2.25. The fourth-order valence-electron chi connectivity index (χ4n) is 1.39. The van der Waals surface area contributed by atoms with Crippen molar-refractivity contribution in [1.29, 1.82) is 0 Å². The van der Waals surface area contributed by atoms with Crippen LogP contribution in [0.15, 0.2) is 28.5 Å². The van der Waals surface area contributed by atoms with Crippen molar-refractivity contribution in [1.82, 2.24) is 4.98 Å². The van der Waals surface area contributed by atoms with Gasteiger partial charge in [-0.15, -0.1) is 23.1 Å². The number of thioether (sulfide) groups is 1. The molecule has 0 saturated heterocycles. The van der Waals surface area contributed by atoms with Crippen LogP contribution in [0.5, 0.6) is 0 Å². The molecule has 0 bridgehead atoms. The third kappa shape index (κ3) is 3.08. The van der Waals surface area contributed by atoms with Crippen LogP contribution in [0, 0.1) is 12.7 Å². The molecule has 0 aliphatic rings. The average molecular weight is 283 g/mol. The summed E-state index contributed by atoms with van der Waals surface area (Å²) in [6.07, 6.45) is 0. The molecule has 0 fully saturated rings. The van der Waals surface area contributed by atoms with Gasteiger partial charge in [-0.05, 0) is 25.1 Å². The zero-order valence-corrected chi connectivity index (χ0v) is 11.1. The van der Waals surface area contributed by atoms with E-state index in [1.165, 1.54) is 23.9 Å². The molecule has 2 rings (SSSR count). The summed E-state index contributed by atoms with van der Waals surface area (Å²) >= 11 is 3.01. The minimum Gasteiger partial charge on any atom is -0.478 e. The molecule has 1 aromatic heterocycles. The van der Waals surface area contributed by atoms with Crippen molar-refractivity contribution in [2.24, 2.45) is 0 Å². The normalized spacial score (nSPS) is 10.6. The maximum absolute atomic E-state index is 13.2. The van der Waals surface area contributed by atoms with Crippen molar-refractivity contribution in [2.75, 3.05) is 0 Å². The van der Waals surface area contributed by atoms with Gasteiger partial charge in [0.15, 0.2) is 0 Å². The highest BCUT2D eigenvalue weighted by Gasteiger charge is 2.11. The number of benzene rings is 1. The number of halogens is 1. The highest BCUT2D eigenvalue weighted by atomic mass is 32.2. The molecule has 1 aromatic carbocycles. The third-order valence-corrected chi connectivity index (χ3v) is 4.07. The van der Waals surface area contributed by atoms with Gasteiger partial charge in [-0.1, -0.05) is 0 Å². The van der Waals surface area contributed by atoms with Gasteiger partial charge in [-0.3, -0.25) is 0 Å². The molecule has 18 heavy (non-hydrogen) atoms. The Balaban J connectivity index is 2.10. The number of aryl methyl sites for hydroxylation is 1. The van der Waals surface area contributed by atoms with Gasteiger partial charge in [-0.2, -0.15) is 0 Å². The SMILES string of the molecule is Cc1nc(CSc2ccc(F)c(C(=O)O)c2)cs1. The van der Waals surface area contributed by atoms with Crippen LogP contribution in [-0.4, -0.2) is 16.1 Å². The summed E-state index contributed by atoms with van der Waals surface area (Å²) in [6.45, 7) is 1.93. The van der Waals surface area contributed by atoms with Crippen molar-refractivity contribution in [3.05, 3.63) is 45.7 Å². The second kappa shape index (κ2) is 5.49. The lowest BCUT2D eigenvalue weighted by molar-refractivity contribution is 0.0691. The summed E-state index contributed by atoms with van der Waals surface area (Å²) in [6, 6.07) is 4.10. The number of hydrogen-bond acceptors (Lipinski definition) is 4. The van der Waals surface area contributed by atoms with Crippen LogP contribution >= 0.6 is 23.1 Å². The van der Waals surface area contributed by atoms with Gasteiger partial charge in [0.05, 0.1) is 16.3 Å². The van der Waals surface area contributed by atoms with Crippen LogP contribution in [0.1, 0.15) is 21.1 Å². The molecule has 0 aliphatic carbocycles. The van der Waals surface area contributed by atoms with Crippen molar-refractivity contribution in [3.8, 4) is 0 Å². The molecule has 0 amide bonds. The number of carbonyl (C=O) groups is 1. The van der Waals surface area contributed by atoms with E-state index in [0.29, 0.717) is 5.75 Å². The highest BCUT2D eigenvalue weighted by molar-refractivity contribution is 7.98. The van der Waals surface area contributed by atoms with Crippen LogP contribution in [0.3, 0.4) is 0 Å². The number of thiazole rings is 1. The molecule has 1 N–H and O–H groups in total. The topological polar surface area (TPSA) is 50.2 Å². The Hall–Kier alpha value is -1.40. The van der Waals surface area contributed by atoms with E-state index in [0.717, 1.165) is 15.6 Å². The van der Waals surface area contributed by atoms with Crippen LogP contribution in [0.4, 0.5) is 4.39 Å². The van der Waals surface area contributed by atoms with Gasteiger partial charge >= 0.3 is 5.97 Å². The van der Waals surface area contributed by atoms with Gasteiger partial charge in [0.1, 0.15) is 5.82 Å². The zero-order valence-electron chi connectivity index (χ0n) is 9.51. The second-order valence-corrected chi connectivity index (χ2v) is 5.70. The Morgan fingerprint density at radius 2 is 2.33 bits per heavy atom. The predicted octanol–water partition coefficient (Wildman–Crippen LogP) is 3.58. The smallest absolute Gasteiger partial charge is 0.338 e. The van der Waals surface area contributed by atoms with E-state index in [4.69, 9.17) is 5.11 Å². The van der Waals surface area contributed by atoms with E-state index in [-0.39, 0.29) is 5.56 Å². The first kappa shape index (κ1) is 13.0. The maximum atomic E-state index is 13.2. The number of aromatic carboxylic acids is 1. The first-order valence-corrected chi connectivity index (χ1v) is 6.99. The molecule has 0 spiro atoms. The summed E-state index contributed by atoms with van der Waals surface area (Å²) in [5.74, 6) is -1.31. The fraction of sp³-hybridized carbons (Fsp3) is 0.167. The summed E-state index contributed by atoms with van der Waals surface area (Å²) in [4.78, 5) is 15.8. The molecule has 0 radical (unpaired) electrons. The predicted molar refractivity (Wildman–Crippen MR) is 69.8 cm³/mol. The lowest BCUT2D eigenvalue weighted by Gasteiger charge is -2.02. The number of carboxylic acids is 1. The summed E-state index contributed by atoms with van der Waals surface area (Å²) in [5.41, 5.74) is 0.651. The largest absolute Gasteiger partial charge is 0.478 e. The quantitative estimate of drug-likeness (QED) is 0.871. The number of aromatic nitrogens is 1. The van der Waals surface area contributed by atoms with Crippen LogP contribution in [0.25, 0.3) is 0 Å². The molecule has 0 atom stereocenters. The van der Waals surface area contributed by atoms with Crippen LogP contribution in [-0.2, 0) is 5.75 Å². The Labute approximate surface area is 112 Å². The number of rotatable bonds is 4. The van der Waals surface area contributed by atoms with E-state index >= 15 is 0 Å². The minimum atomic E-state index is -1.25. The molecule has 6 heteroatoms. The maximum Gasteiger partial charge on any atom is 0.338 e. The molecule has 2 aromatic rings. The van der Waals surface area contributed by atoms with Crippen molar-refractivity contribution in [3.63, 3.8) is 0 Å². The Bertz CT molecular complexity index is 583. The van der Waals surface area contributed by atoms with E-state index < -0.39 is 11.8 Å². The molecule has 0 aliphatic heterocycles. The molecule has 3 nitrogen and oxygen atoms in total. The summed E-state index contributed by atoms with van der Waals surface area (Å²) < 4.78 is 13.2. The summed E-state index contributed by atoms with van der Waals surface area (Å²) in [5, 5.41) is 11.8. The molecule has 1 heterocycles. The van der Waals surface area contributed by atoms with Crippen LogP contribution < -0.4 is 0 Å². The standard InChI is InChI=1S/C12H10FNO2S2/c1-7-14-8(5-17-7)6-18-9-2-3-11(13)10(4-9)12(15)16/h2-5H,6H2,1H3,(H,15,16). The first-order chi connectivity index (χ1) is 8.56. The molecule has 0 saturated carbocycles. The first-order valence-electron chi connectivity index (χ1n) is 5.13. The van der Waals surface area contributed by atoms with E-state index in [1.54, 1.807) is 17.4 Å². The minimum absolute atomic E-state index is 0.297. The molecular formula is C12H10FNO2S2. The Kier molecular flexibility index (Phi) is 3.98. The number of hydrogen-bond donors (Lipinski definition) is 1. The fourth-order valence-corrected chi connectivity index (χ4v) is 2.94. The Morgan fingerprint density at radius 1 is 1.56 bits per heavy atom. The van der Waals surface area contributed by atoms with Crippen molar-refractivity contribution >= 4 is 29.1 Å². The molecule has 0 unspecified atom stereocenters. The van der Waals surface area contributed by atoms with Gasteiger partial charge in [-0.25, -0.2) is 14.2 Å².